The molecule has 0 amide bonds. The topological polar surface area (TPSA) is 57.5 Å². The molecular weight excluding hydrogens is 132 g/mol. The van der Waals surface area contributed by atoms with Crippen molar-refractivity contribution in [2.24, 2.45) is 5.92 Å². The van der Waals surface area contributed by atoms with E-state index in [1.165, 1.54) is 0 Å². The molecule has 1 fully saturated rings. The Morgan fingerprint density at radius 3 is 2.60 bits per heavy atom. The van der Waals surface area contributed by atoms with Gasteiger partial charge in [0.25, 0.3) is 0 Å². The van der Waals surface area contributed by atoms with Gasteiger partial charge in [0.1, 0.15) is 12.4 Å². The zero-order valence-corrected chi connectivity index (χ0v) is 5.73. The minimum Gasteiger partial charge on any atom is -0.393 e. The first kappa shape index (κ1) is 7.69. The van der Waals surface area contributed by atoms with E-state index in [1.807, 2.05) is 0 Å². The second-order valence-electron chi connectivity index (χ2n) is 2.79. The van der Waals surface area contributed by atoms with Crippen molar-refractivity contribution < 1.29 is 15.0 Å². The van der Waals surface area contributed by atoms with E-state index in [9.17, 15) is 9.90 Å². The number of aldehydes is 1. The number of rotatable bonds is 2. The van der Waals surface area contributed by atoms with Crippen LogP contribution >= 0.6 is 0 Å². The molecule has 58 valence electrons. The lowest BCUT2D eigenvalue weighted by molar-refractivity contribution is -0.119. The molecule has 0 aliphatic heterocycles. The van der Waals surface area contributed by atoms with Crippen molar-refractivity contribution in [3.8, 4) is 0 Å². The molecule has 0 aromatic heterocycles. The van der Waals surface area contributed by atoms with Crippen LogP contribution < -0.4 is 0 Å². The summed E-state index contributed by atoms with van der Waals surface area (Å²) in [5.74, 6) is -0.211. The molecule has 0 saturated heterocycles. The highest BCUT2D eigenvalue weighted by Gasteiger charge is 2.30. The standard InChI is InChI=1S/C7H12O3/c8-4-7(10)5-2-1-3-6(5)9/h4-7,9-10H,1-3H2. The SMILES string of the molecule is O=CC(O)C1CCCC1O. The van der Waals surface area contributed by atoms with E-state index in [2.05, 4.69) is 0 Å². The number of aliphatic hydroxyl groups excluding tert-OH is 2. The van der Waals surface area contributed by atoms with Crippen LogP contribution in [0, 0.1) is 5.92 Å². The second-order valence-corrected chi connectivity index (χ2v) is 2.79. The molecule has 1 aliphatic carbocycles. The van der Waals surface area contributed by atoms with Crippen LogP contribution in [0.15, 0.2) is 0 Å². The predicted octanol–water partition coefficient (Wildman–Crippen LogP) is -0.293. The average Bonchev–Trinajstić information content (AvgIpc) is 2.34. The molecule has 10 heavy (non-hydrogen) atoms. The zero-order chi connectivity index (χ0) is 7.56. The Balaban J connectivity index is 2.46. The van der Waals surface area contributed by atoms with E-state index in [0.717, 1.165) is 19.3 Å². The molecule has 3 heteroatoms. The molecule has 0 bridgehead atoms. The van der Waals surface area contributed by atoms with Gasteiger partial charge in [-0.25, -0.2) is 0 Å². The maximum absolute atomic E-state index is 10.1. The van der Waals surface area contributed by atoms with Crippen molar-refractivity contribution in [2.45, 2.75) is 31.5 Å². The van der Waals surface area contributed by atoms with Gasteiger partial charge >= 0.3 is 0 Å². The second kappa shape index (κ2) is 3.12. The first-order chi connectivity index (χ1) is 4.75. The Hall–Kier alpha value is -0.410. The lowest BCUT2D eigenvalue weighted by Gasteiger charge is -2.15. The Kier molecular flexibility index (Phi) is 2.40. The van der Waals surface area contributed by atoms with Crippen LogP contribution in [0.25, 0.3) is 0 Å². The maximum Gasteiger partial charge on any atom is 0.148 e. The first-order valence-corrected chi connectivity index (χ1v) is 3.57. The Morgan fingerprint density at radius 2 is 2.20 bits per heavy atom. The summed E-state index contributed by atoms with van der Waals surface area (Å²) in [5, 5.41) is 18.2. The van der Waals surface area contributed by atoms with Crippen molar-refractivity contribution >= 4 is 6.29 Å². The summed E-state index contributed by atoms with van der Waals surface area (Å²) in [4.78, 5) is 10.1. The van der Waals surface area contributed by atoms with Gasteiger partial charge in [-0.2, -0.15) is 0 Å². The Labute approximate surface area is 59.7 Å². The quantitative estimate of drug-likeness (QED) is 0.523. The summed E-state index contributed by atoms with van der Waals surface area (Å²) in [7, 11) is 0. The molecule has 1 aliphatic rings. The molecule has 3 nitrogen and oxygen atoms in total. The van der Waals surface area contributed by atoms with Crippen LogP contribution in [0.5, 0.6) is 0 Å². The largest absolute Gasteiger partial charge is 0.393 e. The van der Waals surface area contributed by atoms with Crippen LogP contribution in [0.4, 0.5) is 0 Å². The number of carbonyl (C=O) groups excluding carboxylic acids is 1. The third-order valence-corrected chi connectivity index (χ3v) is 2.11. The predicted molar refractivity (Wildman–Crippen MR) is 35.4 cm³/mol. The normalized spacial score (nSPS) is 35.8. The van der Waals surface area contributed by atoms with Crippen LogP contribution in [0.1, 0.15) is 19.3 Å². The summed E-state index contributed by atoms with van der Waals surface area (Å²) in [6, 6.07) is 0. The minimum atomic E-state index is -0.961. The zero-order valence-electron chi connectivity index (χ0n) is 5.73. The van der Waals surface area contributed by atoms with E-state index >= 15 is 0 Å². The summed E-state index contributed by atoms with van der Waals surface area (Å²) in [5.41, 5.74) is 0. The van der Waals surface area contributed by atoms with Gasteiger partial charge in [-0.3, -0.25) is 0 Å². The van der Waals surface area contributed by atoms with Crippen molar-refractivity contribution in [3.05, 3.63) is 0 Å². The minimum absolute atomic E-state index is 0.211. The van der Waals surface area contributed by atoms with E-state index in [-0.39, 0.29) is 5.92 Å². The lowest BCUT2D eigenvalue weighted by Crippen LogP contribution is -2.28. The molecule has 0 spiro atoms. The van der Waals surface area contributed by atoms with Gasteiger partial charge in [0.05, 0.1) is 6.10 Å². The van der Waals surface area contributed by atoms with Crippen molar-refractivity contribution in [3.63, 3.8) is 0 Å². The first-order valence-electron chi connectivity index (χ1n) is 3.57. The van der Waals surface area contributed by atoms with Crippen molar-refractivity contribution in [2.75, 3.05) is 0 Å². The summed E-state index contributed by atoms with van der Waals surface area (Å²) in [6.07, 6.45) is 1.46. The van der Waals surface area contributed by atoms with E-state index in [0.29, 0.717) is 6.29 Å². The van der Waals surface area contributed by atoms with Gasteiger partial charge in [0, 0.05) is 5.92 Å². The Bertz CT molecular complexity index is 124. The Morgan fingerprint density at radius 1 is 1.50 bits per heavy atom. The summed E-state index contributed by atoms with van der Waals surface area (Å²) < 4.78 is 0. The summed E-state index contributed by atoms with van der Waals surface area (Å²) in [6.45, 7) is 0. The summed E-state index contributed by atoms with van der Waals surface area (Å²) >= 11 is 0. The highest BCUT2D eigenvalue weighted by Crippen LogP contribution is 2.27. The van der Waals surface area contributed by atoms with E-state index in [4.69, 9.17) is 5.11 Å². The molecule has 0 aromatic carbocycles. The van der Waals surface area contributed by atoms with Crippen LogP contribution in [0.3, 0.4) is 0 Å². The molecule has 1 saturated carbocycles. The molecule has 3 atom stereocenters. The number of carbonyl (C=O) groups is 1. The van der Waals surface area contributed by atoms with Crippen LogP contribution in [-0.4, -0.2) is 28.7 Å². The molecule has 0 heterocycles. The van der Waals surface area contributed by atoms with Crippen molar-refractivity contribution in [1.82, 2.24) is 0 Å². The smallest absolute Gasteiger partial charge is 0.148 e. The van der Waals surface area contributed by atoms with Crippen LogP contribution in [-0.2, 0) is 4.79 Å². The third kappa shape index (κ3) is 1.36. The monoisotopic (exact) mass is 144 g/mol. The average molecular weight is 144 g/mol. The molecular formula is C7H12O3. The highest BCUT2D eigenvalue weighted by molar-refractivity contribution is 5.56. The molecule has 0 aromatic rings. The fourth-order valence-corrected chi connectivity index (χ4v) is 1.47. The van der Waals surface area contributed by atoms with Gasteiger partial charge in [0.15, 0.2) is 0 Å². The molecule has 1 rings (SSSR count). The number of hydrogen-bond donors (Lipinski definition) is 2. The van der Waals surface area contributed by atoms with Crippen LogP contribution in [0.2, 0.25) is 0 Å². The fourth-order valence-electron chi connectivity index (χ4n) is 1.47. The highest BCUT2D eigenvalue weighted by atomic mass is 16.3. The fraction of sp³-hybridized carbons (Fsp3) is 0.857. The molecule has 3 unspecified atom stereocenters. The van der Waals surface area contributed by atoms with Gasteiger partial charge in [0.2, 0.25) is 0 Å². The van der Waals surface area contributed by atoms with Gasteiger partial charge in [-0.05, 0) is 12.8 Å². The van der Waals surface area contributed by atoms with Gasteiger partial charge in [-0.1, -0.05) is 6.42 Å². The number of hydrogen-bond acceptors (Lipinski definition) is 3. The van der Waals surface area contributed by atoms with Gasteiger partial charge in [-0.15, -0.1) is 0 Å². The van der Waals surface area contributed by atoms with E-state index < -0.39 is 12.2 Å². The lowest BCUT2D eigenvalue weighted by atomic mass is 10.0. The number of aliphatic hydroxyl groups is 2. The van der Waals surface area contributed by atoms with Crippen molar-refractivity contribution in [1.29, 1.82) is 0 Å². The van der Waals surface area contributed by atoms with E-state index in [1.54, 1.807) is 0 Å². The maximum atomic E-state index is 10.1. The van der Waals surface area contributed by atoms with Gasteiger partial charge < -0.3 is 15.0 Å². The molecule has 0 radical (unpaired) electrons. The molecule has 2 N–H and O–H groups in total. The third-order valence-electron chi connectivity index (χ3n) is 2.11.